The van der Waals surface area contributed by atoms with Crippen molar-refractivity contribution in [1.82, 2.24) is 15.2 Å². The molecule has 0 radical (unpaired) electrons. The first-order valence-electron chi connectivity index (χ1n) is 5.95. The molecule has 19 heavy (non-hydrogen) atoms. The average molecular weight is 265 g/mol. The van der Waals surface area contributed by atoms with Crippen molar-refractivity contribution >= 4 is 11.4 Å². The third-order valence-electron chi connectivity index (χ3n) is 2.62. The number of halogens is 1. The van der Waals surface area contributed by atoms with Crippen LogP contribution in [-0.4, -0.2) is 21.8 Å². The van der Waals surface area contributed by atoms with Gasteiger partial charge in [0.2, 0.25) is 0 Å². The van der Waals surface area contributed by atoms with E-state index in [-0.39, 0.29) is 11.8 Å². The van der Waals surface area contributed by atoms with E-state index in [2.05, 4.69) is 20.5 Å². The van der Waals surface area contributed by atoms with Gasteiger partial charge in [-0.05, 0) is 13.8 Å². The van der Waals surface area contributed by atoms with Gasteiger partial charge in [-0.1, -0.05) is 0 Å². The Morgan fingerprint density at radius 3 is 2.95 bits per heavy atom. The summed E-state index contributed by atoms with van der Waals surface area (Å²) in [7, 11) is 0. The van der Waals surface area contributed by atoms with Gasteiger partial charge in [-0.25, -0.2) is 9.37 Å². The predicted molar refractivity (Wildman–Crippen MR) is 70.4 cm³/mol. The second kappa shape index (κ2) is 5.55. The summed E-state index contributed by atoms with van der Waals surface area (Å²) in [5.41, 5.74) is 6.69. The Kier molecular flexibility index (Phi) is 3.84. The largest absolute Gasteiger partial charge is 0.491 e. The van der Waals surface area contributed by atoms with Crippen molar-refractivity contribution in [1.29, 1.82) is 0 Å². The Bertz CT molecular complexity index is 543. The molecule has 0 aliphatic carbocycles. The molecule has 0 saturated carbocycles. The van der Waals surface area contributed by atoms with Crippen LogP contribution in [0.2, 0.25) is 0 Å². The maximum absolute atomic E-state index is 13.6. The summed E-state index contributed by atoms with van der Waals surface area (Å²) >= 11 is 0. The Hall–Kier alpha value is -2.31. The number of benzene rings is 1. The Morgan fingerprint density at radius 2 is 2.32 bits per heavy atom. The van der Waals surface area contributed by atoms with Crippen molar-refractivity contribution < 1.29 is 9.13 Å². The number of nitrogens with zero attached hydrogens (tertiary/aromatic N) is 2. The van der Waals surface area contributed by atoms with Gasteiger partial charge >= 0.3 is 0 Å². The number of H-pyrrole nitrogens is 1. The van der Waals surface area contributed by atoms with Gasteiger partial charge in [0.05, 0.1) is 24.0 Å². The van der Waals surface area contributed by atoms with E-state index in [0.29, 0.717) is 23.8 Å². The average Bonchev–Trinajstić information content (AvgIpc) is 2.89. The molecule has 0 fully saturated rings. The number of nitrogen functional groups attached to an aromatic ring is 1. The molecule has 4 N–H and O–H groups in total. The molecular weight excluding hydrogens is 249 g/mol. The number of hydrogen-bond donors (Lipinski definition) is 3. The first-order chi connectivity index (χ1) is 9.11. The van der Waals surface area contributed by atoms with Gasteiger partial charge < -0.3 is 15.8 Å². The van der Waals surface area contributed by atoms with Crippen LogP contribution in [0, 0.1) is 5.82 Å². The van der Waals surface area contributed by atoms with Gasteiger partial charge in [0.15, 0.2) is 11.6 Å². The lowest BCUT2D eigenvalue weighted by molar-refractivity contribution is 0.322. The Morgan fingerprint density at radius 1 is 1.53 bits per heavy atom. The molecule has 0 amide bonds. The van der Waals surface area contributed by atoms with Crippen molar-refractivity contribution in [2.45, 2.75) is 19.9 Å². The molecule has 1 aromatic heterocycles. The number of aromatic nitrogens is 3. The molecule has 0 aliphatic heterocycles. The highest BCUT2D eigenvalue weighted by Crippen LogP contribution is 2.30. The molecule has 2 aromatic rings. The minimum atomic E-state index is -0.475. The first-order valence-corrected chi connectivity index (χ1v) is 5.95. The zero-order valence-corrected chi connectivity index (χ0v) is 10.8. The Labute approximate surface area is 110 Å². The fourth-order valence-corrected chi connectivity index (χ4v) is 1.69. The maximum atomic E-state index is 13.6. The minimum absolute atomic E-state index is 0.135. The number of nitrogens with one attached hydrogen (secondary N) is 2. The summed E-state index contributed by atoms with van der Waals surface area (Å²) in [5.74, 6) is 0.364. The maximum Gasteiger partial charge on any atom is 0.167 e. The van der Waals surface area contributed by atoms with Crippen molar-refractivity contribution in [3.8, 4) is 5.75 Å². The lowest BCUT2D eigenvalue weighted by atomic mass is 10.2. The van der Waals surface area contributed by atoms with Gasteiger partial charge in [0.25, 0.3) is 0 Å². The summed E-state index contributed by atoms with van der Waals surface area (Å²) in [6.45, 7) is 4.07. The molecular formula is C12H16FN5O. The SMILES string of the molecule is CCOc1cc(NC(C)c2ncn[nH]2)c(N)cc1F. The number of aromatic amines is 1. The fraction of sp³-hybridized carbons (Fsp3) is 0.333. The molecule has 0 aliphatic rings. The molecule has 7 heteroatoms. The monoisotopic (exact) mass is 265 g/mol. The van der Waals surface area contributed by atoms with Crippen molar-refractivity contribution in [3.63, 3.8) is 0 Å². The van der Waals surface area contributed by atoms with Crippen LogP contribution in [0.5, 0.6) is 5.75 Å². The number of rotatable bonds is 5. The van der Waals surface area contributed by atoms with E-state index in [1.807, 2.05) is 6.92 Å². The molecule has 1 heterocycles. The zero-order valence-electron chi connectivity index (χ0n) is 10.8. The lowest BCUT2D eigenvalue weighted by Gasteiger charge is -2.16. The highest BCUT2D eigenvalue weighted by atomic mass is 19.1. The third kappa shape index (κ3) is 2.93. The van der Waals surface area contributed by atoms with Crippen LogP contribution in [0.4, 0.5) is 15.8 Å². The highest BCUT2D eigenvalue weighted by Gasteiger charge is 2.13. The third-order valence-corrected chi connectivity index (χ3v) is 2.62. The standard InChI is InChI=1S/C12H16FN5O/c1-3-19-11-5-10(9(14)4-8(11)13)17-7(2)12-15-6-16-18-12/h4-7,17H,3,14H2,1-2H3,(H,15,16,18). The van der Waals surface area contributed by atoms with Crippen molar-refractivity contribution in [3.05, 3.63) is 30.1 Å². The summed E-state index contributed by atoms with van der Waals surface area (Å²) in [6, 6.07) is 2.64. The molecule has 102 valence electrons. The van der Waals surface area contributed by atoms with Crippen LogP contribution in [0.1, 0.15) is 25.7 Å². The predicted octanol–water partition coefficient (Wildman–Crippen LogP) is 2.10. The molecule has 0 spiro atoms. The number of ether oxygens (including phenoxy) is 1. The van der Waals surface area contributed by atoms with Crippen molar-refractivity contribution in [2.24, 2.45) is 0 Å². The Balaban J connectivity index is 2.22. The van der Waals surface area contributed by atoms with E-state index in [1.165, 1.54) is 12.4 Å². The van der Waals surface area contributed by atoms with E-state index in [4.69, 9.17) is 10.5 Å². The molecule has 0 bridgehead atoms. The number of anilines is 2. The van der Waals surface area contributed by atoms with Gasteiger partial charge in [-0.15, -0.1) is 0 Å². The molecule has 1 atom stereocenters. The molecule has 6 nitrogen and oxygen atoms in total. The van der Waals surface area contributed by atoms with Crippen LogP contribution in [0.25, 0.3) is 0 Å². The molecule has 2 rings (SSSR count). The van der Waals surface area contributed by atoms with Crippen LogP contribution >= 0.6 is 0 Å². The smallest absolute Gasteiger partial charge is 0.167 e. The molecule has 1 unspecified atom stereocenters. The van der Waals surface area contributed by atoms with E-state index < -0.39 is 5.82 Å². The van der Waals surface area contributed by atoms with Crippen LogP contribution in [0.15, 0.2) is 18.5 Å². The number of nitrogens with two attached hydrogens (primary N) is 1. The summed E-state index contributed by atoms with van der Waals surface area (Å²) in [5, 5.41) is 9.67. The zero-order chi connectivity index (χ0) is 13.8. The normalized spacial score (nSPS) is 12.2. The minimum Gasteiger partial charge on any atom is -0.491 e. The van der Waals surface area contributed by atoms with Crippen molar-refractivity contribution in [2.75, 3.05) is 17.7 Å². The van der Waals surface area contributed by atoms with Crippen LogP contribution in [-0.2, 0) is 0 Å². The summed E-state index contributed by atoms with van der Waals surface area (Å²) in [4.78, 5) is 4.04. The second-order valence-electron chi connectivity index (χ2n) is 4.04. The fourth-order valence-electron chi connectivity index (χ4n) is 1.69. The topological polar surface area (TPSA) is 88.8 Å². The van der Waals surface area contributed by atoms with Crippen LogP contribution < -0.4 is 15.8 Å². The lowest BCUT2D eigenvalue weighted by Crippen LogP contribution is -2.10. The van der Waals surface area contributed by atoms with Gasteiger partial charge in [-0.3, -0.25) is 5.10 Å². The van der Waals surface area contributed by atoms with Gasteiger partial charge in [0.1, 0.15) is 12.2 Å². The van der Waals surface area contributed by atoms with Gasteiger partial charge in [-0.2, -0.15) is 5.10 Å². The summed E-state index contributed by atoms with van der Waals surface area (Å²) in [6.07, 6.45) is 1.42. The van der Waals surface area contributed by atoms with E-state index in [9.17, 15) is 4.39 Å². The second-order valence-corrected chi connectivity index (χ2v) is 4.04. The molecule has 0 saturated heterocycles. The highest BCUT2D eigenvalue weighted by molar-refractivity contribution is 5.69. The van der Waals surface area contributed by atoms with E-state index in [1.54, 1.807) is 13.0 Å². The molecule has 1 aromatic carbocycles. The summed E-state index contributed by atoms with van der Waals surface area (Å²) < 4.78 is 18.8. The van der Waals surface area contributed by atoms with Crippen LogP contribution in [0.3, 0.4) is 0 Å². The quantitative estimate of drug-likeness (QED) is 0.720. The van der Waals surface area contributed by atoms with Gasteiger partial charge in [0, 0.05) is 12.1 Å². The van der Waals surface area contributed by atoms with E-state index in [0.717, 1.165) is 0 Å². The number of hydrogen-bond acceptors (Lipinski definition) is 5. The first kappa shape index (κ1) is 13.1. The van der Waals surface area contributed by atoms with E-state index >= 15 is 0 Å².